The first-order valence-corrected chi connectivity index (χ1v) is 7.94. The lowest BCUT2D eigenvalue weighted by atomic mass is 10.1. The summed E-state index contributed by atoms with van der Waals surface area (Å²) in [4.78, 5) is 23.7. The number of anilines is 1. The summed E-state index contributed by atoms with van der Waals surface area (Å²) in [6.45, 7) is 2.94. The van der Waals surface area contributed by atoms with Gasteiger partial charge in [0.2, 0.25) is 0 Å². The molecule has 126 valence electrons. The number of hydrogen-bond acceptors (Lipinski definition) is 4. The summed E-state index contributed by atoms with van der Waals surface area (Å²) in [5.74, 6) is -1.79. The van der Waals surface area contributed by atoms with Crippen molar-refractivity contribution in [1.29, 1.82) is 0 Å². The Labute approximate surface area is 141 Å². The van der Waals surface area contributed by atoms with Crippen molar-refractivity contribution in [3.8, 4) is 0 Å². The van der Waals surface area contributed by atoms with Gasteiger partial charge in [0.15, 0.2) is 0 Å². The maximum Gasteiger partial charge on any atom is 0.339 e. The number of carbonyl (C=O) groups is 2. The second-order valence-corrected chi connectivity index (χ2v) is 5.41. The fourth-order valence-corrected chi connectivity index (χ4v) is 2.22. The van der Waals surface area contributed by atoms with E-state index in [1.165, 1.54) is 12.1 Å². The molecule has 0 aliphatic carbocycles. The highest BCUT2D eigenvalue weighted by atomic mass is 16.5. The van der Waals surface area contributed by atoms with Gasteiger partial charge in [0, 0.05) is 12.2 Å². The number of carboxylic acids is 1. The van der Waals surface area contributed by atoms with Crippen LogP contribution in [0.25, 0.3) is 0 Å². The van der Waals surface area contributed by atoms with E-state index in [1.54, 1.807) is 6.07 Å². The Morgan fingerprint density at radius 1 is 1.08 bits per heavy atom. The molecule has 0 saturated carbocycles. The summed E-state index contributed by atoms with van der Waals surface area (Å²) in [6, 6.07) is 13.9. The Morgan fingerprint density at radius 2 is 1.83 bits per heavy atom. The molecule has 5 heteroatoms. The van der Waals surface area contributed by atoms with Crippen molar-refractivity contribution >= 4 is 17.6 Å². The van der Waals surface area contributed by atoms with Crippen LogP contribution in [0, 0.1) is 0 Å². The minimum absolute atomic E-state index is 0.0551. The van der Waals surface area contributed by atoms with Crippen LogP contribution in [0.1, 0.15) is 46.0 Å². The third-order valence-corrected chi connectivity index (χ3v) is 3.54. The van der Waals surface area contributed by atoms with E-state index in [9.17, 15) is 14.7 Å². The van der Waals surface area contributed by atoms with E-state index in [1.807, 2.05) is 30.3 Å². The summed E-state index contributed by atoms with van der Waals surface area (Å²) < 4.78 is 5.22. The standard InChI is InChI=1S/C19H21NO4/c1-2-3-11-20-15-9-10-16(17(12-15)18(21)22)19(23)24-13-14-7-5-4-6-8-14/h4-10,12,20H,2-3,11,13H2,1H3,(H,21,22). The third-order valence-electron chi connectivity index (χ3n) is 3.54. The number of carboxylic acid groups (broad SMARTS) is 1. The Bertz CT molecular complexity index is 698. The number of esters is 1. The average Bonchev–Trinajstić information content (AvgIpc) is 2.60. The molecule has 5 nitrogen and oxygen atoms in total. The Hall–Kier alpha value is -2.82. The van der Waals surface area contributed by atoms with E-state index in [4.69, 9.17) is 4.74 Å². The summed E-state index contributed by atoms with van der Waals surface area (Å²) in [6.07, 6.45) is 2.03. The first-order valence-electron chi connectivity index (χ1n) is 7.94. The van der Waals surface area contributed by atoms with Gasteiger partial charge >= 0.3 is 11.9 Å². The maximum atomic E-state index is 12.2. The lowest BCUT2D eigenvalue weighted by molar-refractivity contribution is 0.0463. The molecule has 0 aliphatic rings. The van der Waals surface area contributed by atoms with Crippen LogP contribution in [0.15, 0.2) is 48.5 Å². The molecule has 0 heterocycles. The van der Waals surface area contributed by atoms with Gasteiger partial charge in [-0.05, 0) is 30.2 Å². The monoisotopic (exact) mass is 327 g/mol. The number of aromatic carboxylic acids is 1. The zero-order chi connectivity index (χ0) is 17.4. The molecule has 0 unspecified atom stereocenters. The first kappa shape index (κ1) is 17.5. The lowest BCUT2D eigenvalue weighted by Crippen LogP contribution is -2.13. The molecule has 0 spiro atoms. The second-order valence-electron chi connectivity index (χ2n) is 5.41. The van der Waals surface area contributed by atoms with E-state index in [0.717, 1.165) is 24.9 Å². The number of ether oxygens (including phenoxy) is 1. The maximum absolute atomic E-state index is 12.2. The van der Waals surface area contributed by atoms with Crippen LogP contribution in [0.3, 0.4) is 0 Å². The van der Waals surface area contributed by atoms with Crippen LogP contribution in [0.5, 0.6) is 0 Å². The SMILES string of the molecule is CCCCNc1ccc(C(=O)OCc2ccccc2)c(C(=O)O)c1. The predicted molar refractivity (Wildman–Crippen MR) is 92.4 cm³/mol. The molecule has 0 fully saturated rings. The molecule has 0 radical (unpaired) electrons. The number of benzene rings is 2. The molecule has 24 heavy (non-hydrogen) atoms. The zero-order valence-electron chi connectivity index (χ0n) is 13.6. The van der Waals surface area contributed by atoms with E-state index >= 15 is 0 Å². The smallest absolute Gasteiger partial charge is 0.339 e. The molecule has 0 saturated heterocycles. The van der Waals surface area contributed by atoms with Gasteiger partial charge in [0.05, 0.1) is 11.1 Å². The van der Waals surface area contributed by atoms with Gasteiger partial charge in [0.25, 0.3) is 0 Å². The summed E-state index contributed by atoms with van der Waals surface area (Å²) in [7, 11) is 0. The van der Waals surface area contributed by atoms with E-state index in [-0.39, 0.29) is 17.7 Å². The average molecular weight is 327 g/mol. The fraction of sp³-hybridized carbons (Fsp3) is 0.263. The van der Waals surface area contributed by atoms with Crippen molar-refractivity contribution in [3.63, 3.8) is 0 Å². The van der Waals surface area contributed by atoms with Crippen LogP contribution in [0.2, 0.25) is 0 Å². The Morgan fingerprint density at radius 3 is 2.50 bits per heavy atom. The van der Waals surface area contributed by atoms with E-state index < -0.39 is 11.9 Å². The molecule has 0 aliphatic heterocycles. The van der Waals surface area contributed by atoms with E-state index in [0.29, 0.717) is 5.69 Å². The molecule has 2 N–H and O–H groups in total. The largest absolute Gasteiger partial charge is 0.478 e. The molecule has 2 rings (SSSR count). The normalized spacial score (nSPS) is 10.2. The van der Waals surface area contributed by atoms with Gasteiger partial charge in [-0.2, -0.15) is 0 Å². The summed E-state index contributed by atoms with van der Waals surface area (Å²) in [5.41, 5.74) is 1.52. The highest BCUT2D eigenvalue weighted by Crippen LogP contribution is 2.18. The molecule has 2 aromatic carbocycles. The number of hydrogen-bond donors (Lipinski definition) is 2. The number of carbonyl (C=O) groups excluding carboxylic acids is 1. The van der Waals surface area contributed by atoms with Gasteiger partial charge in [-0.3, -0.25) is 0 Å². The molecular weight excluding hydrogens is 306 g/mol. The van der Waals surface area contributed by atoms with Crippen molar-refractivity contribution in [2.24, 2.45) is 0 Å². The Balaban J connectivity index is 2.10. The van der Waals surface area contributed by atoms with Gasteiger partial charge < -0.3 is 15.2 Å². The lowest BCUT2D eigenvalue weighted by Gasteiger charge is -2.11. The number of rotatable bonds is 8. The quantitative estimate of drug-likeness (QED) is 0.567. The molecule has 0 aromatic heterocycles. The van der Waals surface area contributed by atoms with E-state index in [2.05, 4.69) is 12.2 Å². The highest BCUT2D eigenvalue weighted by Gasteiger charge is 2.18. The molecule has 0 atom stereocenters. The van der Waals surface area contributed by atoms with Crippen LogP contribution < -0.4 is 5.32 Å². The van der Waals surface area contributed by atoms with Crippen LogP contribution in [-0.2, 0) is 11.3 Å². The van der Waals surface area contributed by atoms with Crippen LogP contribution in [0.4, 0.5) is 5.69 Å². The fourth-order valence-electron chi connectivity index (χ4n) is 2.22. The summed E-state index contributed by atoms with van der Waals surface area (Å²) >= 11 is 0. The number of nitrogens with one attached hydrogen (secondary N) is 1. The van der Waals surface area contributed by atoms with Crippen molar-refractivity contribution in [2.45, 2.75) is 26.4 Å². The molecular formula is C19H21NO4. The van der Waals surface area contributed by atoms with Crippen molar-refractivity contribution in [2.75, 3.05) is 11.9 Å². The molecule has 0 bridgehead atoms. The van der Waals surface area contributed by atoms with Gasteiger partial charge in [0.1, 0.15) is 6.61 Å². The van der Waals surface area contributed by atoms with Gasteiger partial charge in [-0.25, -0.2) is 9.59 Å². The van der Waals surface area contributed by atoms with Crippen molar-refractivity contribution in [1.82, 2.24) is 0 Å². The topological polar surface area (TPSA) is 75.6 Å². The molecule has 2 aromatic rings. The minimum atomic E-state index is -1.15. The van der Waals surface area contributed by atoms with Crippen LogP contribution >= 0.6 is 0 Å². The van der Waals surface area contributed by atoms with Gasteiger partial charge in [-0.1, -0.05) is 43.7 Å². The highest BCUT2D eigenvalue weighted by molar-refractivity contribution is 6.03. The Kier molecular flexibility index (Phi) is 6.37. The predicted octanol–water partition coefficient (Wildman–Crippen LogP) is 3.95. The minimum Gasteiger partial charge on any atom is -0.478 e. The molecule has 0 amide bonds. The first-order chi connectivity index (χ1) is 11.6. The van der Waals surface area contributed by atoms with Gasteiger partial charge in [-0.15, -0.1) is 0 Å². The van der Waals surface area contributed by atoms with Crippen LogP contribution in [-0.4, -0.2) is 23.6 Å². The second kappa shape index (κ2) is 8.72. The van der Waals surface area contributed by atoms with Crippen molar-refractivity contribution in [3.05, 3.63) is 65.2 Å². The summed E-state index contributed by atoms with van der Waals surface area (Å²) in [5, 5.41) is 12.5. The number of unbranched alkanes of at least 4 members (excludes halogenated alkanes) is 1. The third kappa shape index (κ3) is 4.84. The zero-order valence-corrected chi connectivity index (χ0v) is 13.6. The van der Waals surface area contributed by atoms with Crippen molar-refractivity contribution < 1.29 is 19.4 Å².